The number of hydrogen-bond donors (Lipinski definition) is 0. The fourth-order valence-electron chi connectivity index (χ4n) is 2.41. The van der Waals surface area contributed by atoms with Crippen molar-refractivity contribution in [1.29, 1.82) is 0 Å². The molecule has 0 N–H and O–H groups in total. The van der Waals surface area contributed by atoms with Crippen LogP contribution in [-0.4, -0.2) is 11.7 Å². The third kappa shape index (κ3) is 2.91. The van der Waals surface area contributed by atoms with Gasteiger partial charge in [0.25, 0.3) is 0 Å². The number of halogens is 2. The summed E-state index contributed by atoms with van der Waals surface area (Å²) in [5.74, 6) is 0.555. The lowest BCUT2D eigenvalue weighted by Crippen LogP contribution is -2.27. The number of carbonyl (C=O) groups is 1. The van der Waals surface area contributed by atoms with E-state index in [2.05, 4.69) is 0 Å². The van der Waals surface area contributed by atoms with Gasteiger partial charge >= 0.3 is 0 Å². The van der Waals surface area contributed by atoms with Crippen LogP contribution in [0, 0.1) is 6.92 Å². The Morgan fingerprint density at radius 1 is 1.19 bits per heavy atom. The molecule has 0 aromatic heterocycles. The molecule has 1 saturated heterocycles. The van der Waals surface area contributed by atoms with Gasteiger partial charge < -0.3 is 0 Å². The van der Waals surface area contributed by atoms with Gasteiger partial charge in [-0.1, -0.05) is 41.4 Å². The second-order valence-electron chi connectivity index (χ2n) is 4.93. The highest BCUT2D eigenvalue weighted by Gasteiger charge is 2.35. The number of anilines is 1. The van der Waals surface area contributed by atoms with E-state index in [0.29, 0.717) is 15.8 Å². The lowest BCUT2D eigenvalue weighted by atomic mass is 10.1. The van der Waals surface area contributed by atoms with Crippen LogP contribution in [0.5, 0.6) is 0 Å². The molecule has 5 heteroatoms. The number of rotatable bonds is 2. The maximum absolute atomic E-state index is 12.3. The van der Waals surface area contributed by atoms with Gasteiger partial charge in [-0.05, 0) is 36.8 Å². The lowest BCUT2D eigenvalue weighted by Gasteiger charge is -2.25. The number of hydrogen-bond acceptors (Lipinski definition) is 2. The van der Waals surface area contributed by atoms with Crippen LogP contribution in [0.2, 0.25) is 10.0 Å². The molecule has 0 aliphatic carbocycles. The summed E-state index contributed by atoms with van der Waals surface area (Å²) < 4.78 is 0. The first-order chi connectivity index (χ1) is 10.1. The third-order valence-electron chi connectivity index (χ3n) is 3.38. The van der Waals surface area contributed by atoms with E-state index in [1.54, 1.807) is 23.9 Å². The zero-order chi connectivity index (χ0) is 15.0. The van der Waals surface area contributed by atoms with Crippen molar-refractivity contribution in [2.24, 2.45) is 0 Å². The van der Waals surface area contributed by atoms with E-state index in [-0.39, 0.29) is 11.3 Å². The molecule has 1 aliphatic rings. The van der Waals surface area contributed by atoms with E-state index in [9.17, 15) is 4.79 Å². The molecule has 1 fully saturated rings. The van der Waals surface area contributed by atoms with Gasteiger partial charge in [0.1, 0.15) is 5.37 Å². The van der Waals surface area contributed by atoms with E-state index in [1.807, 2.05) is 42.2 Å². The number of amides is 1. The maximum Gasteiger partial charge on any atom is 0.238 e. The van der Waals surface area contributed by atoms with Gasteiger partial charge in [-0.25, -0.2) is 0 Å². The fourth-order valence-corrected chi connectivity index (χ4v) is 4.20. The summed E-state index contributed by atoms with van der Waals surface area (Å²) in [7, 11) is 0. The van der Waals surface area contributed by atoms with Crippen LogP contribution in [-0.2, 0) is 4.79 Å². The van der Waals surface area contributed by atoms with Crippen molar-refractivity contribution < 1.29 is 4.79 Å². The Balaban J connectivity index is 2.03. The zero-order valence-corrected chi connectivity index (χ0v) is 13.7. The van der Waals surface area contributed by atoms with Crippen LogP contribution < -0.4 is 4.90 Å². The first-order valence-electron chi connectivity index (χ1n) is 6.51. The highest BCUT2D eigenvalue weighted by Crippen LogP contribution is 2.44. The van der Waals surface area contributed by atoms with Crippen LogP contribution in [0.15, 0.2) is 42.5 Å². The van der Waals surface area contributed by atoms with Crippen molar-refractivity contribution in [3.05, 3.63) is 63.6 Å². The minimum atomic E-state index is -0.107. The van der Waals surface area contributed by atoms with E-state index in [0.717, 1.165) is 16.8 Å². The molecule has 0 saturated carbocycles. The summed E-state index contributed by atoms with van der Waals surface area (Å²) in [4.78, 5) is 14.1. The standard InChI is InChI=1S/C16H13Cl2NOS/c1-10-3-2-4-12(7-10)19-15(20)9-21-16(19)13-6-5-11(17)8-14(13)18/h2-8,16H,9H2,1H3/t16-/m0/s1. The summed E-state index contributed by atoms with van der Waals surface area (Å²) in [5, 5.41) is 1.08. The third-order valence-corrected chi connectivity index (χ3v) is 5.13. The molecule has 1 heterocycles. The monoisotopic (exact) mass is 337 g/mol. The molecule has 2 aromatic rings. The first kappa shape index (κ1) is 14.8. The molecule has 108 valence electrons. The quantitative estimate of drug-likeness (QED) is 0.761. The molecule has 0 unspecified atom stereocenters. The Hall–Kier alpha value is -1.16. The van der Waals surface area contributed by atoms with Gasteiger partial charge in [0.15, 0.2) is 0 Å². The first-order valence-corrected chi connectivity index (χ1v) is 8.32. The molecular weight excluding hydrogens is 325 g/mol. The SMILES string of the molecule is Cc1cccc(N2C(=O)CS[C@H]2c2ccc(Cl)cc2Cl)c1. The van der Waals surface area contributed by atoms with E-state index in [1.165, 1.54) is 0 Å². The molecular formula is C16H13Cl2NOS. The smallest absolute Gasteiger partial charge is 0.238 e. The van der Waals surface area contributed by atoms with Gasteiger partial charge in [0, 0.05) is 21.3 Å². The van der Waals surface area contributed by atoms with Gasteiger partial charge in [-0.3, -0.25) is 9.69 Å². The topological polar surface area (TPSA) is 20.3 Å². The van der Waals surface area contributed by atoms with Crippen molar-refractivity contribution in [2.75, 3.05) is 10.7 Å². The highest BCUT2D eigenvalue weighted by atomic mass is 35.5. The fraction of sp³-hybridized carbons (Fsp3) is 0.188. The molecule has 1 aliphatic heterocycles. The second kappa shape index (κ2) is 5.91. The molecule has 2 aromatic carbocycles. The molecule has 3 rings (SSSR count). The summed E-state index contributed by atoms with van der Waals surface area (Å²) in [6.07, 6.45) is 0. The van der Waals surface area contributed by atoms with Crippen molar-refractivity contribution in [1.82, 2.24) is 0 Å². The van der Waals surface area contributed by atoms with E-state index >= 15 is 0 Å². The molecule has 21 heavy (non-hydrogen) atoms. The van der Waals surface area contributed by atoms with Gasteiger partial charge in [-0.15, -0.1) is 11.8 Å². The summed E-state index contributed by atoms with van der Waals surface area (Å²) in [5.41, 5.74) is 2.94. The van der Waals surface area contributed by atoms with Crippen LogP contribution in [0.4, 0.5) is 5.69 Å². The molecule has 0 bridgehead atoms. The lowest BCUT2D eigenvalue weighted by molar-refractivity contribution is -0.115. The van der Waals surface area contributed by atoms with Crippen LogP contribution in [0.3, 0.4) is 0 Å². The van der Waals surface area contributed by atoms with Gasteiger partial charge in [0.05, 0.1) is 5.75 Å². The van der Waals surface area contributed by atoms with Crippen molar-refractivity contribution in [3.63, 3.8) is 0 Å². The minimum absolute atomic E-state index is 0.0987. The van der Waals surface area contributed by atoms with Crippen LogP contribution in [0.1, 0.15) is 16.5 Å². The predicted molar refractivity (Wildman–Crippen MR) is 90.3 cm³/mol. The number of aryl methyl sites for hydroxylation is 1. The Bertz CT molecular complexity index is 704. The number of nitrogens with zero attached hydrogens (tertiary/aromatic N) is 1. The Labute approximate surface area is 138 Å². The van der Waals surface area contributed by atoms with Gasteiger partial charge in [0.2, 0.25) is 5.91 Å². The number of thioether (sulfide) groups is 1. The van der Waals surface area contributed by atoms with Crippen molar-refractivity contribution >= 4 is 46.6 Å². The Morgan fingerprint density at radius 2 is 2.00 bits per heavy atom. The largest absolute Gasteiger partial charge is 0.295 e. The average Bonchev–Trinajstić information content (AvgIpc) is 2.80. The summed E-state index contributed by atoms with van der Waals surface area (Å²) in [6.45, 7) is 2.02. The molecule has 1 atom stereocenters. The summed E-state index contributed by atoms with van der Waals surface area (Å²) in [6, 6.07) is 13.4. The Kier molecular flexibility index (Phi) is 4.16. The van der Waals surface area contributed by atoms with Crippen LogP contribution in [0.25, 0.3) is 0 Å². The van der Waals surface area contributed by atoms with Crippen molar-refractivity contribution in [2.45, 2.75) is 12.3 Å². The highest BCUT2D eigenvalue weighted by molar-refractivity contribution is 8.00. The maximum atomic E-state index is 12.3. The number of carbonyl (C=O) groups excluding carboxylic acids is 1. The van der Waals surface area contributed by atoms with E-state index in [4.69, 9.17) is 23.2 Å². The molecule has 0 spiro atoms. The van der Waals surface area contributed by atoms with E-state index < -0.39 is 0 Å². The predicted octanol–water partition coefficient (Wildman–Crippen LogP) is 5.08. The molecule has 0 radical (unpaired) electrons. The van der Waals surface area contributed by atoms with Crippen LogP contribution >= 0.6 is 35.0 Å². The minimum Gasteiger partial charge on any atom is -0.295 e. The van der Waals surface area contributed by atoms with Crippen molar-refractivity contribution in [3.8, 4) is 0 Å². The number of benzene rings is 2. The molecule has 2 nitrogen and oxygen atoms in total. The summed E-state index contributed by atoms with van der Waals surface area (Å²) >= 11 is 13.8. The average molecular weight is 338 g/mol. The Morgan fingerprint density at radius 3 is 2.71 bits per heavy atom. The zero-order valence-electron chi connectivity index (χ0n) is 11.3. The second-order valence-corrected chi connectivity index (χ2v) is 6.84. The van der Waals surface area contributed by atoms with Gasteiger partial charge in [-0.2, -0.15) is 0 Å². The molecule has 1 amide bonds. The normalized spacial score (nSPS) is 18.3.